The van der Waals surface area contributed by atoms with E-state index in [-0.39, 0.29) is 17.5 Å². The average Bonchev–Trinajstić information content (AvgIpc) is 3.39. The molecular formula is C29H34N6O5. The van der Waals surface area contributed by atoms with E-state index in [4.69, 9.17) is 5.73 Å². The molecule has 2 heterocycles. The summed E-state index contributed by atoms with van der Waals surface area (Å²) >= 11 is 0. The molecule has 11 heteroatoms. The second-order valence-corrected chi connectivity index (χ2v) is 9.33. The summed E-state index contributed by atoms with van der Waals surface area (Å²) in [4.78, 5) is 48.8. The van der Waals surface area contributed by atoms with Crippen LogP contribution in [-0.2, 0) is 9.59 Å². The molecule has 0 fully saturated rings. The smallest absolute Gasteiger partial charge is 0.270 e. The van der Waals surface area contributed by atoms with Gasteiger partial charge >= 0.3 is 0 Å². The van der Waals surface area contributed by atoms with Gasteiger partial charge in [0.25, 0.3) is 17.5 Å². The van der Waals surface area contributed by atoms with Gasteiger partial charge < -0.3 is 26.7 Å². The van der Waals surface area contributed by atoms with E-state index >= 15 is 0 Å². The van der Waals surface area contributed by atoms with Crippen LogP contribution < -0.4 is 21.7 Å². The first-order valence-electron chi connectivity index (χ1n) is 13.0. The summed E-state index contributed by atoms with van der Waals surface area (Å²) in [7, 11) is 0. The van der Waals surface area contributed by atoms with Gasteiger partial charge in [0, 0.05) is 41.3 Å². The number of nitrogens with two attached hydrogens (primary N) is 1. The molecule has 3 aromatic rings. The van der Waals surface area contributed by atoms with Crippen LogP contribution in [0.4, 0.5) is 22.7 Å². The number of nitrogens with zero attached hydrogens (tertiary/aromatic N) is 1. The summed E-state index contributed by atoms with van der Waals surface area (Å²) in [5.74, 6) is -0.478. The highest BCUT2D eigenvalue weighted by Gasteiger charge is 2.27. The Morgan fingerprint density at radius 2 is 1.88 bits per heavy atom. The molecule has 2 aromatic carbocycles. The third kappa shape index (κ3) is 7.13. The number of hydrogen-bond acceptors (Lipinski definition) is 6. The Balaban J connectivity index is 0.000000371. The van der Waals surface area contributed by atoms with E-state index in [0.717, 1.165) is 31.2 Å². The van der Waals surface area contributed by atoms with Gasteiger partial charge in [-0.15, -0.1) is 0 Å². The highest BCUT2D eigenvalue weighted by molar-refractivity contribution is 6.35. The van der Waals surface area contributed by atoms with Gasteiger partial charge in [-0.1, -0.05) is 38.3 Å². The monoisotopic (exact) mass is 546 g/mol. The molecule has 1 aromatic heterocycles. The quantitative estimate of drug-likeness (QED) is 0.0585. The van der Waals surface area contributed by atoms with Crippen LogP contribution in [0.1, 0.15) is 65.5 Å². The van der Waals surface area contributed by atoms with Crippen LogP contribution in [0, 0.1) is 24.0 Å². The van der Waals surface area contributed by atoms with Crippen molar-refractivity contribution in [3.05, 3.63) is 80.7 Å². The van der Waals surface area contributed by atoms with E-state index in [0.29, 0.717) is 58.1 Å². The van der Waals surface area contributed by atoms with Crippen LogP contribution >= 0.6 is 0 Å². The maximum atomic E-state index is 12.6. The van der Waals surface area contributed by atoms with E-state index < -0.39 is 4.92 Å². The van der Waals surface area contributed by atoms with Gasteiger partial charge in [0.2, 0.25) is 6.41 Å². The second-order valence-electron chi connectivity index (χ2n) is 9.33. The van der Waals surface area contributed by atoms with Gasteiger partial charge in [-0.25, -0.2) is 0 Å². The van der Waals surface area contributed by atoms with Gasteiger partial charge in [0.1, 0.15) is 0 Å². The molecule has 0 aliphatic carbocycles. The molecule has 210 valence electrons. The molecule has 4 rings (SSSR count). The lowest BCUT2D eigenvalue weighted by atomic mass is 10.0. The van der Waals surface area contributed by atoms with Crippen molar-refractivity contribution >= 4 is 52.6 Å². The van der Waals surface area contributed by atoms with Crippen LogP contribution in [0.3, 0.4) is 0 Å². The molecule has 1 aliphatic rings. The number of nitrogen functional groups attached to an aromatic ring is 1. The van der Waals surface area contributed by atoms with E-state index in [2.05, 4.69) is 27.9 Å². The first-order valence-corrected chi connectivity index (χ1v) is 13.0. The highest BCUT2D eigenvalue weighted by atomic mass is 16.6. The number of non-ortho nitro benzene ring substituents is 1. The lowest BCUT2D eigenvalue weighted by Crippen LogP contribution is -2.25. The summed E-state index contributed by atoms with van der Waals surface area (Å²) in [6.45, 7) is 6.40. The van der Waals surface area contributed by atoms with Crippen LogP contribution in [-0.4, -0.2) is 34.7 Å². The molecule has 3 amide bonds. The number of rotatable bonds is 10. The van der Waals surface area contributed by atoms with E-state index in [1.807, 2.05) is 26.0 Å². The SMILES string of the molecule is CCCCCCNC(=O)c1c(C)[nH]c(/C=C2\C(=O)Nc3ccc([N+](=O)[O-])cc32)c1C.Nc1ccccc1NC=O. The van der Waals surface area contributed by atoms with Crippen molar-refractivity contribution < 1.29 is 19.3 Å². The number of fused-ring (bicyclic) bond motifs is 1. The zero-order valence-electron chi connectivity index (χ0n) is 22.8. The zero-order chi connectivity index (χ0) is 29.2. The fourth-order valence-corrected chi connectivity index (χ4v) is 4.37. The molecule has 1 aliphatic heterocycles. The summed E-state index contributed by atoms with van der Waals surface area (Å²) in [6.07, 6.45) is 6.56. The van der Waals surface area contributed by atoms with Crippen molar-refractivity contribution in [3.8, 4) is 0 Å². The number of hydrogen-bond donors (Lipinski definition) is 5. The molecule has 0 radical (unpaired) electrons. The summed E-state index contributed by atoms with van der Waals surface area (Å²) in [5.41, 5.74) is 10.6. The Labute approximate surface area is 232 Å². The Bertz CT molecular complexity index is 1440. The lowest BCUT2D eigenvalue weighted by Gasteiger charge is -2.06. The number of para-hydroxylation sites is 2. The van der Waals surface area contributed by atoms with Crippen LogP contribution in [0.2, 0.25) is 0 Å². The molecular weight excluding hydrogens is 512 g/mol. The third-order valence-corrected chi connectivity index (χ3v) is 6.48. The van der Waals surface area contributed by atoms with Gasteiger partial charge in [-0.3, -0.25) is 24.5 Å². The summed E-state index contributed by atoms with van der Waals surface area (Å²) < 4.78 is 0. The van der Waals surface area contributed by atoms with Gasteiger partial charge in [0.05, 0.1) is 27.4 Å². The second kappa shape index (κ2) is 13.7. The van der Waals surface area contributed by atoms with E-state index in [9.17, 15) is 24.5 Å². The number of aromatic amines is 1. The number of nitro benzene ring substituents is 1. The standard InChI is InChI=1S/C22H26N4O4.C7H8N2O/c1-4-5-6-7-10-23-22(28)20-13(2)19(24-14(20)3)12-17-16-11-15(26(29)30)8-9-18(16)25-21(17)27;8-6-3-1-2-4-7(6)9-5-10/h8-9,11-12,24H,4-7,10H2,1-3H3,(H,23,28)(H,25,27);1-5H,8H2,(H,9,10)/b17-12-;. The highest BCUT2D eigenvalue weighted by Crippen LogP contribution is 2.36. The average molecular weight is 547 g/mol. The van der Waals surface area contributed by atoms with Gasteiger partial charge in [-0.2, -0.15) is 0 Å². The minimum atomic E-state index is -0.492. The fourth-order valence-electron chi connectivity index (χ4n) is 4.37. The summed E-state index contributed by atoms with van der Waals surface area (Å²) in [5, 5.41) is 19.2. The van der Waals surface area contributed by atoms with Crippen molar-refractivity contribution in [1.29, 1.82) is 0 Å². The molecule has 0 unspecified atom stereocenters. The van der Waals surface area contributed by atoms with Crippen LogP contribution in [0.15, 0.2) is 42.5 Å². The Morgan fingerprint density at radius 1 is 1.12 bits per heavy atom. The van der Waals surface area contributed by atoms with Crippen molar-refractivity contribution in [1.82, 2.24) is 10.3 Å². The number of unbranched alkanes of at least 4 members (excludes halogenated alkanes) is 3. The fraction of sp³-hybridized carbons (Fsp3) is 0.276. The zero-order valence-corrected chi connectivity index (χ0v) is 22.8. The maximum Gasteiger partial charge on any atom is 0.270 e. The number of nitrogens with one attached hydrogen (secondary N) is 4. The molecule has 11 nitrogen and oxygen atoms in total. The normalized spacial score (nSPS) is 12.7. The predicted molar refractivity (Wildman–Crippen MR) is 157 cm³/mol. The third-order valence-electron chi connectivity index (χ3n) is 6.48. The van der Waals surface area contributed by atoms with E-state index in [1.165, 1.54) is 18.2 Å². The van der Waals surface area contributed by atoms with Crippen molar-refractivity contribution in [3.63, 3.8) is 0 Å². The minimum absolute atomic E-state index is 0.0846. The largest absolute Gasteiger partial charge is 0.397 e. The van der Waals surface area contributed by atoms with E-state index in [1.54, 1.807) is 18.2 Å². The molecule has 0 atom stereocenters. The van der Waals surface area contributed by atoms with Gasteiger partial charge in [-0.05, 0) is 50.1 Å². The molecule has 0 saturated carbocycles. The molecule has 40 heavy (non-hydrogen) atoms. The summed E-state index contributed by atoms with van der Waals surface area (Å²) in [6, 6.07) is 11.3. The van der Waals surface area contributed by atoms with Crippen molar-refractivity contribution in [2.75, 3.05) is 22.9 Å². The Morgan fingerprint density at radius 3 is 2.55 bits per heavy atom. The molecule has 6 N–H and O–H groups in total. The number of aromatic nitrogens is 1. The Kier molecular flexibility index (Phi) is 10.2. The molecule has 0 spiro atoms. The van der Waals surface area contributed by atoms with Crippen LogP contribution in [0.5, 0.6) is 0 Å². The number of carbonyl (C=O) groups is 3. The Hall–Kier alpha value is -4.93. The number of amides is 3. The predicted octanol–water partition coefficient (Wildman–Crippen LogP) is 5.18. The first kappa shape index (κ1) is 29.6. The van der Waals surface area contributed by atoms with Crippen molar-refractivity contribution in [2.24, 2.45) is 0 Å². The number of anilines is 3. The maximum absolute atomic E-state index is 12.6. The van der Waals surface area contributed by atoms with Gasteiger partial charge in [0.15, 0.2) is 0 Å². The van der Waals surface area contributed by atoms with Crippen LogP contribution in [0.25, 0.3) is 11.6 Å². The number of H-pyrrole nitrogens is 1. The molecule has 0 bridgehead atoms. The number of aryl methyl sites for hydroxylation is 1. The number of carbonyl (C=O) groups excluding carboxylic acids is 3. The topological polar surface area (TPSA) is 172 Å². The molecule has 0 saturated heterocycles. The number of nitro groups is 1. The lowest BCUT2D eigenvalue weighted by molar-refractivity contribution is -0.384. The van der Waals surface area contributed by atoms with Crippen molar-refractivity contribution in [2.45, 2.75) is 46.5 Å². The minimum Gasteiger partial charge on any atom is -0.397 e. The first-order chi connectivity index (χ1) is 19.2. The number of benzene rings is 2.